The molecule has 0 saturated carbocycles. The van der Waals surface area contributed by atoms with E-state index in [4.69, 9.17) is 0 Å². The van der Waals surface area contributed by atoms with Crippen LogP contribution in [0.15, 0.2) is 0 Å². The Labute approximate surface area is 47.3 Å². The van der Waals surface area contributed by atoms with Crippen LogP contribution in [0.3, 0.4) is 0 Å². The van der Waals surface area contributed by atoms with Gasteiger partial charge >= 0.3 is 0 Å². The molecule has 0 rings (SSSR count). The SMILES string of the molecule is Cl.Cl.Cl.F.F. The summed E-state index contributed by atoms with van der Waals surface area (Å²) in [7, 11) is 0. The molecule has 0 nitrogen and oxygen atoms in total. The summed E-state index contributed by atoms with van der Waals surface area (Å²) in [6.45, 7) is 0. The lowest BCUT2D eigenvalue weighted by atomic mass is 19.0. The van der Waals surface area contributed by atoms with Gasteiger partial charge in [-0.15, -0.1) is 37.2 Å². The lowest BCUT2D eigenvalue weighted by Crippen LogP contribution is 0.419. The van der Waals surface area contributed by atoms with Crippen molar-refractivity contribution < 1.29 is 9.41 Å². The average Bonchev–Trinajstić information content (AvgIpc) is 0. The fourth-order valence-corrected chi connectivity index (χ4v) is 0. The molecule has 0 atom stereocenters. The summed E-state index contributed by atoms with van der Waals surface area (Å²) in [4.78, 5) is 0. The van der Waals surface area contributed by atoms with Crippen LogP contribution in [0, 0.1) is 0 Å². The molecule has 0 bridgehead atoms. The van der Waals surface area contributed by atoms with Crippen molar-refractivity contribution in [2.45, 2.75) is 0 Å². The monoisotopic (exact) mass is 148 g/mol. The largest absolute Gasteiger partial charge is 0.269 e. The Balaban J connectivity index is 0. The second-order valence-corrected chi connectivity index (χ2v) is 0. The van der Waals surface area contributed by atoms with E-state index < -0.39 is 0 Å². The van der Waals surface area contributed by atoms with Gasteiger partial charge in [0.1, 0.15) is 0 Å². The lowest BCUT2D eigenvalue weighted by molar-refractivity contribution is 1.11. The lowest BCUT2D eigenvalue weighted by Gasteiger charge is -0.270. The van der Waals surface area contributed by atoms with Crippen LogP contribution in [-0.4, -0.2) is 0 Å². The smallest absolute Gasteiger partial charge is 0.147 e. The molecule has 0 aromatic rings. The Morgan fingerprint density at radius 3 is 0.400 bits per heavy atom. The van der Waals surface area contributed by atoms with Crippen molar-refractivity contribution in [1.29, 1.82) is 0 Å². The number of halogens is 5. The molecular weight excluding hydrogens is 144 g/mol. The van der Waals surface area contributed by atoms with Gasteiger partial charge in [0.2, 0.25) is 0 Å². The summed E-state index contributed by atoms with van der Waals surface area (Å²) in [5.41, 5.74) is 0. The van der Waals surface area contributed by atoms with Crippen molar-refractivity contribution in [2.75, 3.05) is 0 Å². The van der Waals surface area contributed by atoms with E-state index in [9.17, 15) is 0 Å². The fraction of sp³-hybridized carbons (Fsp3) is 0. The first-order valence-electron chi connectivity index (χ1n) is 0. The Morgan fingerprint density at radius 2 is 0.400 bits per heavy atom. The molecule has 0 saturated heterocycles. The van der Waals surface area contributed by atoms with Gasteiger partial charge < -0.3 is 0 Å². The van der Waals surface area contributed by atoms with Crippen LogP contribution in [0.4, 0.5) is 9.41 Å². The van der Waals surface area contributed by atoms with Gasteiger partial charge in [0, 0.05) is 0 Å². The summed E-state index contributed by atoms with van der Waals surface area (Å²) in [6, 6.07) is 0. The van der Waals surface area contributed by atoms with Gasteiger partial charge in [-0.25, -0.2) is 0 Å². The molecule has 0 amide bonds. The Morgan fingerprint density at radius 1 is 0.400 bits per heavy atom. The predicted octanol–water partition coefficient (Wildman–Crippen LogP) is 1.57. The highest BCUT2D eigenvalue weighted by Crippen LogP contribution is 0.692. The van der Waals surface area contributed by atoms with Crippen LogP contribution in [-0.2, 0) is 0 Å². The standard InChI is InChI=1S/3ClH.2FH/h5*1H. The highest BCUT2D eigenvalue weighted by atomic mass is 35.5. The van der Waals surface area contributed by atoms with Crippen LogP contribution in [0.2, 0.25) is 0 Å². The molecule has 0 aromatic heterocycles. The number of rotatable bonds is 0. The molecule has 0 aliphatic rings. The van der Waals surface area contributed by atoms with Gasteiger partial charge in [-0.2, -0.15) is 0 Å². The first kappa shape index (κ1) is 241. The van der Waals surface area contributed by atoms with E-state index in [1.54, 1.807) is 0 Å². The first-order chi connectivity index (χ1) is 0. The van der Waals surface area contributed by atoms with E-state index >= 15 is 0 Å². The molecule has 0 fully saturated rings. The minimum Gasteiger partial charge on any atom is -0.269 e. The zero-order valence-electron chi connectivity index (χ0n) is 2.04. The molecule has 0 unspecified atom stereocenters. The van der Waals surface area contributed by atoms with Crippen LogP contribution in [0.25, 0.3) is 0 Å². The van der Waals surface area contributed by atoms with Gasteiger partial charge in [0.15, 0.2) is 0 Å². The molecule has 0 radical (unpaired) electrons. The topological polar surface area (TPSA) is 0 Å². The highest BCUT2D eigenvalue weighted by Gasteiger charge is -0.145. The number of hydrogen-bond acceptors (Lipinski definition) is 0. The number of hydrogen-bond donors (Lipinski definition) is 0. The van der Waals surface area contributed by atoms with E-state index in [2.05, 4.69) is 0 Å². The minimum atomic E-state index is 0. The van der Waals surface area contributed by atoms with E-state index in [1.807, 2.05) is 0 Å². The third-order valence-corrected chi connectivity index (χ3v) is 0. The molecular formula is H5Cl3F2. The maximum absolute atomic E-state index is 0. The normalized spacial score (nSPS) is 0. The Hall–Kier alpha value is 0.730. The van der Waals surface area contributed by atoms with Gasteiger partial charge in [-0.05, 0) is 0 Å². The first-order valence-corrected chi connectivity index (χ1v) is 0. The molecule has 40 valence electrons. The third kappa shape index (κ3) is 66.2. The van der Waals surface area contributed by atoms with Crippen molar-refractivity contribution in [2.24, 2.45) is 0 Å². The Bertz CT molecular complexity index is 4.85. The van der Waals surface area contributed by atoms with Crippen molar-refractivity contribution in [3.8, 4) is 0 Å². The van der Waals surface area contributed by atoms with Crippen molar-refractivity contribution in [1.82, 2.24) is 0 Å². The molecule has 0 heterocycles. The van der Waals surface area contributed by atoms with Crippen molar-refractivity contribution >= 4 is 37.2 Å². The van der Waals surface area contributed by atoms with Crippen LogP contribution in [0.5, 0.6) is 0 Å². The maximum atomic E-state index is 0. The second kappa shape index (κ2) is 123. The van der Waals surface area contributed by atoms with Crippen molar-refractivity contribution in [3.63, 3.8) is 0 Å². The Kier molecular flexibility index (Phi) is 5940. The van der Waals surface area contributed by atoms with Crippen LogP contribution < -0.4 is 0 Å². The van der Waals surface area contributed by atoms with Gasteiger partial charge in [-0.1, -0.05) is 0 Å². The summed E-state index contributed by atoms with van der Waals surface area (Å²) in [6.07, 6.45) is 0. The molecule has 5 heteroatoms. The summed E-state index contributed by atoms with van der Waals surface area (Å²) in [5, 5.41) is 0. The molecule has 0 N–H and O–H groups in total. The fourth-order valence-electron chi connectivity index (χ4n) is 0. The van der Waals surface area contributed by atoms with Gasteiger partial charge in [-0.3, -0.25) is 9.41 Å². The van der Waals surface area contributed by atoms with E-state index in [-0.39, 0.29) is 46.6 Å². The third-order valence-electron chi connectivity index (χ3n) is 0. The summed E-state index contributed by atoms with van der Waals surface area (Å²) < 4.78 is 0. The zero-order chi connectivity index (χ0) is 0. The van der Waals surface area contributed by atoms with E-state index in [1.165, 1.54) is 0 Å². The van der Waals surface area contributed by atoms with Crippen LogP contribution >= 0.6 is 37.2 Å². The zero-order valence-corrected chi connectivity index (χ0v) is 4.49. The minimum absolute atomic E-state index is 0. The molecule has 5 heavy (non-hydrogen) atoms. The molecule has 0 aliphatic carbocycles. The average molecular weight is 149 g/mol. The van der Waals surface area contributed by atoms with Crippen LogP contribution in [0.1, 0.15) is 0 Å². The highest BCUT2D eigenvalue weighted by molar-refractivity contribution is 5.86. The van der Waals surface area contributed by atoms with Gasteiger partial charge in [0.05, 0.1) is 0 Å². The maximum Gasteiger partial charge on any atom is -0.147 e. The quantitative estimate of drug-likeness (QED) is 0.490. The summed E-state index contributed by atoms with van der Waals surface area (Å²) in [5.74, 6) is 0. The van der Waals surface area contributed by atoms with E-state index in [0.717, 1.165) is 0 Å². The predicted molar refractivity (Wildman–Crippen MR) is 26.7 cm³/mol. The van der Waals surface area contributed by atoms with E-state index in [0.29, 0.717) is 0 Å². The second-order valence-electron chi connectivity index (χ2n) is 0. The van der Waals surface area contributed by atoms with Crippen molar-refractivity contribution in [3.05, 3.63) is 0 Å². The van der Waals surface area contributed by atoms with Gasteiger partial charge in [0.25, 0.3) is 0 Å². The molecule has 0 aliphatic heterocycles. The summed E-state index contributed by atoms with van der Waals surface area (Å²) >= 11 is 0. The molecule has 0 spiro atoms. The molecule has 0 aromatic carbocycles.